The van der Waals surface area contributed by atoms with Gasteiger partial charge in [0.25, 0.3) is 0 Å². The molecule has 1 aliphatic carbocycles. The normalized spacial score (nSPS) is 13.0. The standard InChI is InChI=1S/C56H38N2O2/c1-56(2)48-21-10-8-18-44(48)45-32-31-41(33-49(45)56)58(39-27-23-36(24-28-39)43-20-12-16-35-13-6-7-17-42(35)43)40-29-25-37(26-30-40)52-53-47(46-19-9-11-22-51(46)59-53)34-50-54(52)60-55(57-50)38-14-4-3-5-15-38/h3-34H,1-2H3. The van der Waals surface area contributed by atoms with Crippen LogP contribution in [0, 0.1) is 0 Å². The van der Waals surface area contributed by atoms with Crippen molar-refractivity contribution in [2.75, 3.05) is 4.90 Å². The van der Waals surface area contributed by atoms with Crippen molar-refractivity contribution in [3.05, 3.63) is 205 Å². The number of hydrogen-bond donors (Lipinski definition) is 0. The molecule has 0 unspecified atom stereocenters. The minimum Gasteiger partial charge on any atom is -0.455 e. The molecule has 284 valence electrons. The zero-order chi connectivity index (χ0) is 40.0. The highest BCUT2D eigenvalue weighted by Crippen LogP contribution is 2.51. The first-order valence-corrected chi connectivity index (χ1v) is 20.5. The number of anilines is 3. The highest BCUT2D eigenvalue weighted by molar-refractivity contribution is 6.16. The van der Waals surface area contributed by atoms with E-state index in [2.05, 4.69) is 170 Å². The van der Waals surface area contributed by atoms with Gasteiger partial charge in [0, 0.05) is 38.8 Å². The third kappa shape index (κ3) is 5.27. The van der Waals surface area contributed by atoms with Crippen LogP contribution in [0.3, 0.4) is 0 Å². The van der Waals surface area contributed by atoms with Gasteiger partial charge in [0.1, 0.15) is 16.7 Å². The number of aromatic nitrogens is 1. The number of nitrogens with zero attached hydrogens (tertiary/aromatic N) is 2. The molecule has 60 heavy (non-hydrogen) atoms. The predicted molar refractivity (Wildman–Crippen MR) is 247 cm³/mol. The first kappa shape index (κ1) is 34.4. The Morgan fingerprint density at radius 1 is 0.433 bits per heavy atom. The van der Waals surface area contributed by atoms with E-state index in [0.29, 0.717) is 11.5 Å². The average molecular weight is 771 g/mol. The predicted octanol–water partition coefficient (Wildman–Crippen LogP) is 15.7. The Kier molecular flexibility index (Phi) is 7.54. The molecule has 1 aliphatic rings. The van der Waals surface area contributed by atoms with Crippen molar-refractivity contribution in [1.29, 1.82) is 0 Å². The Morgan fingerprint density at radius 3 is 1.88 bits per heavy atom. The van der Waals surface area contributed by atoms with Crippen molar-refractivity contribution < 1.29 is 8.83 Å². The third-order valence-corrected chi connectivity index (χ3v) is 12.5. The molecule has 0 saturated carbocycles. The Hall–Kier alpha value is -7.69. The molecule has 0 atom stereocenters. The minimum absolute atomic E-state index is 0.137. The van der Waals surface area contributed by atoms with Gasteiger partial charge in [0.15, 0.2) is 5.58 Å². The van der Waals surface area contributed by atoms with Gasteiger partial charge in [-0.1, -0.05) is 147 Å². The van der Waals surface area contributed by atoms with Crippen LogP contribution in [0.2, 0.25) is 0 Å². The number of benzene rings is 9. The second-order valence-electron chi connectivity index (χ2n) is 16.3. The van der Waals surface area contributed by atoms with Gasteiger partial charge in [-0.05, 0) is 110 Å². The highest BCUT2D eigenvalue weighted by atomic mass is 16.4. The smallest absolute Gasteiger partial charge is 0.227 e. The SMILES string of the molecule is CC1(C)c2ccccc2-c2ccc(N(c3ccc(-c4cccc5ccccc45)cc3)c3ccc(-c4c5oc(-c6ccccc6)nc5cc5c4oc4ccccc45)cc3)cc21. The van der Waals surface area contributed by atoms with Crippen molar-refractivity contribution in [3.8, 4) is 44.8 Å². The topological polar surface area (TPSA) is 42.4 Å². The van der Waals surface area contributed by atoms with Crippen LogP contribution >= 0.6 is 0 Å². The van der Waals surface area contributed by atoms with Crippen molar-refractivity contribution in [2.45, 2.75) is 19.3 Å². The number of fused-ring (bicyclic) bond motifs is 8. The molecule has 0 spiro atoms. The van der Waals surface area contributed by atoms with Gasteiger partial charge in [-0.15, -0.1) is 0 Å². The van der Waals surface area contributed by atoms with Crippen LogP contribution in [0.15, 0.2) is 203 Å². The summed E-state index contributed by atoms with van der Waals surface area (Å²) in [7, 11) is 0. The molecular weight excluding hydrogens is 733 g/mol. The average Bonchev–Trinajstić information content (AvgIpc) is 3.96. The summed E-state index contributed by atoms with van der Waals surface area (Å²) in [5.41, 5.74) is 16.7. The lowest BCUT2D eigenvalue weighted by Gasteiger charge is -2.28. The van der Waals surface area contributed by atoms with E-state index in [1.807, 2.05) is 42.5 Å². The second kappa shape index (κ2) is 13.2. The van der Waals surface area contributed by atoms with Crippen LogP contribution in [-0.4, -0.2) is 4.98 Å². The van der Waals surface area contributed by atoms with Gasteiger partial charge in [0.2, 0.25) is 5.89 Å². The van der Waals surface area contributed by atoms with Crippen molar-refractivity contribution >= 4 is 60.9 Å². The fraction of sp³-hybridized carbons (Fsp3) is 0.0536. The number of hydrogen-bond acceptors (Lipinski definition) is 4. The van der Waals surface area contributed by atoms with E-state index in [1.54, 1.807) is 0 Å². The molecule has 12 rings (SSSR count). The minimum atomic E-state index is -0.137. The lowest BCUT2D eigenvalue weighted by atomic mass is 9.82. The summed E-state index contributed by atoms with van der Waals surface area (Å²) < 4.78 is 13.3. The fourth-order valence-electron chi connectivity index (χ4n) is 9.53. The number of rotatable bonds is 6. The molecule has 0 fully saturated rings. The monoisotopic (exact) mass is 770 g/mol. The summed E-state index contributed by atoms with van der Waals surface area (Å²) in [5.74, 6) is 0.584. The maximum absolute atomic E-state index is 6.64. The Labute approximate surface area is 347 Å². The van der Waals surface area contributed by atoms with Gasteiger partial charge >= 0.3 is 0 Å². The Bertz CT molecular complexity index is 3440. The molecule has 0 bridgehead atoms. The van der Waals surface area contributed by atoms with Crippen molar-refractivity contribution in [3.63, 3.8) is 0 Å². The van der Waals surface area contributed by atoms with E-state index in [-0.39, 0.29) is 5.41 Å². The van der Waals surface area contributed by atoms with Crippen LogP contribution < -0.4 is 4.90 Å². The molecule has 0 N–H and O–H groups in total. The number of furan rings is 1. The van der Waals surface area contributed by atoms with Crippen LogP contribution in [0.25, 0.3) is 88.6 Å². The van der Waals surface area contributed by atoms with E-state index < -0.39 is 0 Å². The summed E-state index contributed by atoms with van der Waals surface area (Å²) in [6, 6.07) is 69.1. The van der Waals surface area contributed by atoms with Gasteiger partial charge in [-0.3, -0.25) is 0 Å². The van der Waals surface area contributed by atoms with E-state index >= 15 is 0 Å². The molecule has 0 aliphatic heterocycles. The third-order valence-electron chi connectivity index (χ3n) is 12.5. The summed E-state index contributed by atoms with van der Waals surface area (Å²) >= 11 is 0. The summed E-state index contributed by atoms with van der Waals surface area (Å²) in [6.07, 6.45) is 0. The van der Waals surface area contributed by atoms with Crippen LogP contribution in [0.1, 0.15) is 25.0 Å². The van der Waals surface area contributed by atoms with Crippen LogP contribution in [0.5, 0.6) is 0 Å². The fourth-order valence-corrected chi connectivity index (χ4v) is 9.53. The molecule has 0 radical (unpaired) electrons. The zero-order valence-electron chi connectivity index (χ0n) is 33.2. The summed E-state index contributed by atoms with van der Waals surface area (Å²) in [5, 5.41) is 4.55. The Balaban J connectivity index is 1.02. The summed E-state index contributed by atoms with van der Waals surface area (Å²) in [6.45, 7) is 4.68. The maximum Gasteiger partial charge on any atom is 0.227 e. The van der Waals surface area contributed by atoms with Crippen LogP contribution in [-0.2, 0) is 5.41 Å². The van der Waals surface area contributed by atoms with Crippen LogP contribution in [0.4, 0.5) is 17.1 Å². The van der Waals surface area contributed by atoms with Gasteiger partial charge in [-0.25, -0.2) is 4.98 Å². The quantitative estimate of drug-likeness (QED) is 0.169. The number of para-hydroxylation sites is 1. The first-order valence-electron chi connectivity index (χ1n) is 20.5. The molecule has 4 nitrogen and oxygen atoms in total. The molecule has 2 aromatic heterocycles. The van der Waals surface area contributed by atoms with Crippen molar-refractivity contribution in [1.82, 2.24) is 4.98 Å². The number of oxazole rings is 1. The lowest BCUT2D eigenvalue weighted by Crippen LogP contribution is -2.16. The second-order valence-corrected chi connectivity index (χ2v) is 16.3. The van der Waals surface area contributed by atoms with E-state index in [4.69, 9.17) is 13.8 Å². The summed E-state index contributed by atoms with van der Waals surface area (Å²) in [4.78, 5) is 7.39. The lowest BCUT2D eigenvalue weighted by molar-refractivity contribution is 0.619. The molecule has 0 saturated heterocycles. The Morgan fingerprint density at radius 2 is 1.07 bits per heavy atom. The molecule has 4 heteroatoms. The van der Waals surface area contributed by atoms with E-state index in [1.165, 1.54) is 44.2 Å². The zero-order valence-corrected chi connectivity index (χ0v) is 33.2. The molecule has 9 aromatic carbocycles. The molecule has 0 amide bonds. The van der Waals surface area contributed by atoms with Gasteiger partial charge in [-0.2, -0.15) is 0 Å². The van der Waals surface area contributed by atoms with Gasteiger partial charge in [0.05, 0.1) is 5.56 Å². The van der Waals surface area contributed by atoms with E-state index in [9.17, 15) is 0 Å². The van der Waals surface area contributed by atoms with Gasteiger partial charge < -0.3 is 13.7 Å². The van der Waals surface area contributed by atoms with Crippen molar-refractivity contribution in [2.24, 2.45) is 0 Å². The first-order chi connectivity index (χ1) is 29.5. The maximum atomic E-state index is 6.64. The van der Waals surface area contributed by atoms with E-state index in [0.717, 1.165) is 61.2 Å². The largest absolute Gasteiger partial charge is 0.455 e. The highest BCUT2D eigenvalue weighted by Gasteiger charge is 2.36. The molecular formula is C56H38N2O2. The molecule has 2 heterocycles. The molecule has 11 aromatic rings.